The molecule has 0 aliphatic carbocycles. The summed E-state index contributed by atoms with van der Waals surface area (Å²) in [5, 5.41) is 6.04. The van der Waals surface area contributed by atoms with Crippen molar-refractivity contribution in [3.63, 3.8) is 0 Å². The van der Waals surface area contributed by atoms with E-state index in [9.17, 15) is 9.59 Å². The molecule has 0 spiro atoms. The molecule has 0 aliphatic rings. The molecule has 1 aromatic rings. The molecular weight excluding hydrogens is 256 g/mol. The van der Waals surface area contributed by atoms with Crippen LogP contribution < -0.4 is 10.6 Å². The first kappa shape index (κ1) is 16.0. The van der Waals surface area contributed by atoms with Crippen molar-refractivity contribution < 1.29 is 14.3 Å². The van der Waals surface area contributed by atoms with E-state index >= 15 is 0 Å². The van der Waals surface area contributed by atoms with E-state index in [4.69, 9.17) is 0 Å². The van der Waals surface area contributed by atoms with E-state index in [2.05, 4.69) is 22.3 Å². The summed E-state index contributed by atoms with van der Waals surface area (Å²) < 4.78 is 4.54. The molecule has 0 radical (unpaired) electrons. The minimum Gasteiger partial charge on any atom is -0.469 e. The van der Waals surface area contributed by atoms with E-state index in [0.29, 0.717) is 24.9 Å². The lowest BCUT2D eigenvalue weighted by molar-refractivity contribution is -0.140. The van der Waals surface area contributed by atoms with Crippen LogP contribution in [-0.4, -0.2) is 32.1 Å². The van der Waals surface area contributed by atoms with Crippen LogP contribution in [0.5, 0.6) is 0 Å². The summed E-state index contributed by atoms with van der Waals surface area (Å²) >= 11 is 0. The van der Waals surface area contributed by atoms with Gasteiger partial charge in [0.1, 0.15) is 0 Å². The number of hydrogen-bond acceptors (Lipinski definition) is 4. The van der Waals surface area contributed by atoms with Gasteiger partial charge in [0.15, 0.2) is 0 Å². The molecule has 0 unspecified atom stereocenters. The van der Waals surface area contributed by atoms with Gasteiger partial charge in [0.25, 0.3) is 5.91 Å². The summed E-state index contributed by atoms with van der Waals surface area (Å²) in [4.78, 5) is 23.0. The van der Waals surface area contributed by atoms with Gasteiger partial charge in [-0.3, -0.25) is 9.59 Å². The summed E-state index contributed by atoms with van der Waals surface area (Å²) in [6, 6.07) is 7.40. The maximum Gasteiger partial charge on any atom is 0.305 e. The number of para-hydroxylation sites is 1. The molecular formula is C15H22N2O3. The maximum absolute atomic E-state index is 12.1. The van der Waals surface area contributed by atoms with Crippen molar-refractivity contribution in [1.29, 1.82) is 0 Å². The Balaban J connectivity index is 2.48. The van der Waals surface area contributed by atoms with Crippen molar-refractivity contribution in [3.8, 4) is 0 Å². The maximum atomic E-state index is 12.1. The summed E-state index contributed by atoms with van der Waals surface area (Å²) in [5.41, 5.74) is 1.46. The first-order valence-electron chi connectivity index (χ1n) is 6.87. The zero-order valence-electron chi connectivity index (χ0n) is 12.1. The first-order valence-corrected chi connectivity index (χ1v) is 6.87. The van der Waals surface area contributed by atoms with Crippen molar-refractivity contribution in [2.75, 3.05) is 25.5 Å². The predicted molar refractivity (Wildman–Crippen MR) is 78.8 cm³/mol. The molecule has 5 nitrogen and oxygen atoms in total. The topological polar surface area (TPSA) is 67.4 Å². The van der Waals surface area contributed by atoms with Crippen molar-refractivity contribution in [1.82, 2.24) is 5.32 Å². The number of ether oxygens (including phenoxy) is 1. The zero-order valence-corrected chi connectivity index (χ0v) is 12.1. The highest BCUT2D eigenvalue weighted by atomic mass is 16.5. The standard InChI is InChI=1S/C15H22N2O3/c1-3-10-16-13-8-5-4-7-12(13)15(19)17-11-6-9-14(18)20-2/h4-5,7-8,16H,3,6,9-11H2,1-2H3,(H,17,19). The number of methoxy groups -OCH3 is 1. The molecule has 1 aromatic carbocycles. The molecule has 2 N–H and O–H groups in total. The Hall–Kier alpha value is -2.04. The summed E-state index contributed by atoms with van der Waals surface area (Å²) in [7, 11) is 1.36. The van der Waals surface area contributed by atoms with Crippen molar-refractivity contribution in [2.45, 2.75) is 26.2 Å². The number of amides is 1. The molecule has 0 heterocycles. The molecule has 0 aliphatic heterocycles. The lowest BCUT2D eigenvalue weighted by Gasteiger charge is -2.11. The van der Waals surface area contributed by atoms with Crippen LogP contribution in [0.3, 0.4) is 0 Å². The third kappa shape index (κ3) is 5.30. The number of benzene rings is 1. The Labute approximate surface area is 119 Å². The summed E-state index contributed by atoms with van der Waals surface area (Å²) in [5.74, 6) is -0.390. The first-order chi connectivity index (χ1) is 9.69. The normalized spacial score (nSPS) is 9.90. The van der Waals surface area contributed by atoms with E-state index in [1.54, 1.807) is 6.07 Å². The van der Waals surface area contributed by atoms with E-state index in [1.807, 2.05) is 18.2 Å². The molecule has 0 aromatic heterocycles. The van der Waals surface area contributed by atoms with Gasteiger partial charge in [0.2, 0.25) is 0 Å². The number of carbonyl (C=O) groups excluding carboxylic acids is 2. The molecule has 0 saturated heterocycles. The van der Waals surface area contributed by atoms with Gasteiger partial charge >= 0.3 is 5.97 Å². The molecule has 1 rings (SSSR count). The number of nitrogens with one attached hydrogen (secondary N) is 2. The fourth-order valence-electron chi connectivity index (χ4n) is 1.73. The Morgan fingerprint density at radius 3 is 2.65 bits per heavy atom. The number of carbonyl (C=O) groups is 2. The van der Waals surface area contributed by atoms with Gasteiger partial charge in [-0.05, 0) is 25.0 Å². The zero-order chi connectivity index (χ0) is 14.8. The summed E-state index contributed by atoms with van der Waals surface area (Å²) in [6.45, 7) is 3.35. The van der Waals surface area contributed by atoms with Crippen LogP contribution >= 0.6 is 0 Å². The number of hydrogen-bond donors (Lipinski definition) is 2. The fourth-order valence-corrected chi connectivity index (χ4v) is 1.73. The highest BCUT2D eigenvalue weighted by molar-refractivity contribution is 5.99. The van der Waals surface area contributed by atoms with Crippen LogP contribution in [0.25, 0.3) is 0 Å². The van der Waals surface area contributed by atoms with Crippen LogP contribution in [-0.2, 0) is 9.53 Å². The van der Waals surface area contributed by atoms with Gasteiger partial charge in [0.05, 0.1) is 12.7 Å². The van der Waals surface area contributed by atoms with Crippen LogP contribution in [0.15, 0.2) is 24.3 Å². The highest BCUT2D eigenvalue weighted by Gasteiger charge is 2.10. The van der Waals surface area contributed by atoms with Crippen LogP contribution in [0.1, 0.15) is 36.5 Å². The Morgan fingerprint density at radius 2 is 1.95 bits per heavy atom. The fraction of sp³-hybridized carbons (Fsp3) is 0.467. The quantitative estimate of drug-likeness (QED) is 0.565. The summed E-state index contributed by atoms with van der Waals surface area (Å²) in [6.07, 6.45) is 1.88. The van der Waals surface area contributed by atoms with E-state index in [1.165, 1.54) is 7.11 Å². The largest absolute Gasteiger partial charge is 0.469 e. The minimum atomic E-state index is -0.260. The van der Waals surface area contributed by atoms with Crippen LogP contribution in [0.2, 0.25) is 0 Å². The van der Waals surface area contributed by atoms with Gasteiger partial charge in [-0.1, -0.05) is 19.1 Å². The molecule has 0 atom stereocenters. The third-order valence-electron chi connectivity index (χ3n) is 2.81. The molecule has 110 valence electrons. The minimum absolute atomic E-state index is 0.130. The van der Waals surface area contributed by atoms with Crippen molar-refractivity contribution in [2.24, 2.45) is 0 Å². The van der Waals surface area contributed by atoms with Gasteiger partial charge in [-0.25, -0.2) is 0 Å². The SMILES string of the molecule is CCCNc1ccccc1C(=O)NCCCC(=O)OC. The van der Waals surface area contributed by atoms with Gasteiger partial charge in [-0.2, -0.15) is 0 Å². The Bertz CT molecular complexity index is 446. The van der Waals surface area contributed by atoms with Crippen molar-refractivity contribution in [3.05, 3.63) is 29.8 Å². The molecule has 1 amide bonds. The monoisotopic (exact) mass is 278 g/mol. The number of rotatable bonds is 8. The molecule has 0 saturated carbocycles. The van der Waals surface area contributed by atoms with E-state index in [-0.39, 0.29) is 11.9 Å². The number of anilines is 1. The van der Waals surface area contributed by atoms with Crippen LogP contribution in [0.4, 0.5) is 5.69 Å². The lowest BCUT2D eigenvalue weighted by atomic mass is 10.1. The van der Waals surface area contributed by atoms with Crippen LogP contribution in [0, 0.1) is 0 Å². The molecule has 0 bridgehead atoms. The second-order valence-electron chi connectivity index (χ2n) is 4.41. The third-order valence-corrected chi connectivity index (χ3v) is 2.81. The smallest absolute Gasteiger partial charge is 0.305 e. The van der Waals surface area contributed by atoms with Gasteiger partial charge < -0.3 is 15.4 Å². The molecule has 20 heavy (non-hydrogen) atoms. The highest BCUT2D eigenvalue weighted by Crippen LogP contribution is 2.14. The molecule has 0 fully saturated rings. The predicted octanol–water partition coefficient (Wildman–Crippen LogP) is 2.19. The van der Waals surface area contributed by atoms with E-state index < -0.39 is 0 Å². The van der Waals surface area contributed by atoms with E-state index in [0.717, 1.165) is 18.7 Å². The Kier molecular flexibility index (Phi) is 7.17. The second kappa shape index (κ2) is 8.96. The van der Waals surface area contributed by atoms with Gasteiger partial charge in [0, 0.05) is 25.2 Å². The van der Waals surface area contributed by atoms with Crippen molar-refractivity contribution >= 4 is 17.6 Å². The lowest BCUT2D eigenvalue weighted by Crippen LogP contribution is -2.26. The average Bonchev–Trinajstić information content (AvgIpc) is 2.49. The average molecular weight is 278 g/mol. The number of esters is 1. The Morgan fingerprint density at radius 1 is 1.20 bits per heavy atom. The van der Waals surface area contributed by atoms with Gasteiger partial charge in [-0.15, -0.1) is 0 Å². The second-order valence-corrected chi connectivity index (χ2v) is 4.41. The molecule has 5 heteroatoms.